The molecule has 3 atom stereocenters. The van der Waals surface area contributed by atoms with Gasteiger partial charge in [0.05, 0.1) is 25.8 Å². The summed E-state index contributed by atoms with van der Waals surface area (Å²) in [5.74, 6) is 0.814. The topological polar surface area (TPSA) is 60.2 Å². The van der Waals surface area contributed by atoms with Crippen LogP contribution in [0.2, 0.25) is 0 Å². The minimum atomic E-state index is -0.373. The summed E-state index contributed by atoms with van der Waals surface area (Å²) >= 11 is 0. The summed E-state index contributed by atoms with van der Waals surface area (Å²) in [6, 6.07) is 8.28. The van der Waals surface area contributed by atoms with Gasteiger partial charge in [-0.3, -0.25) is 0 Å². The predicted molar refractivity (Wildman–Crippen MR) is 86.6 cm³/mol. The zero-order chi connectivity index (χ0) is 16.1. The fourth-order valence-electron chi connectivity index (χ4n) is 3.08. The Morgan fingerprint density at radius 3 is 2.48 bits per heavy atom. The zero-order valence-electron chi connectivity index (χ0n) is 13.4. The quantitative estimate of drug-likeness (QED) is 0.545. The summed E-state index contributed by atoms with van der Waals surface area (Å²) in [6.07, 6.45) is 6.48. The smallest absolute Gasteiger partial charge is 0.148 e. The molecule has 1 aliphatic carbocycles. The van der Waals surface area contributed by atoms with Gasteiger partial charge in [0, 0.05) is 0 Å². The van der Waals surface area contributed by atoms with Crippen molar-refractivity contribution in [3.05, 3.63) is 41.5 Å². The van der Waals surface area contributed by atoms with Gasteiger partial charge in [-0.05, 0) is 49.0 Å². The van der Waals surface area contributed by atoms with Crippen LogP contribution in [-0.2, 0) is 16.1 Å². The lowest BCUT2D eigenvalue weighted by Crippen LogP contribution is -2.14. The molecule has 1 fully saturated rings. The lowest BCUT2D eigenvalue weighted by atomic mass is 10.1. The first-order chi connectivity index (χ1) is 11.3. The van der Waals surface area contributed by atoms with Crippen molar-refractivity contribution < 1.29 is 14.3 Å². The normalized spacial score (nSPS) is 23.1. The Bertz CT molecular complexity index is 579. The highest BCUT2D eigenvalue weighted by molar-refractivity contribution is 5.55. The van der Waals surface area contributed by atoms with E-state index in [9.17, 15) is 4.79 Å². The summed E-state index contributed by atoms with van der Waals surface area (Å²) in [5.41, 5.74) is 2.37. The Labute approximate surface area is 136 Å². The Morgan fingerprint density at radius 2 is 1.91 bits per heavy atom. The van der Waals surface area contributed by atoms with E-state index in [0.29, 0.717) is 25.1 Å². The Morgan fingerprint density at radius 1 is 1.22 bits per heavy atom. The van der Waals surface area contributed by atoms with Gasteiger partial charge < -0.3 is 14.3 Å². The van der Waals surface area contributed by atoms with Crippen molar-refractivity contribution in [1.82, 2.24) is 0 Å². The molecule has 5 nitrogen and oxygen atoms in total. The third-order valence-electron chi connectivity index (χ3n) is 4.43. The van der Waals surface area contributed by atoms with Crippen LogP contribution >= 0.6 is 0 Å². The minimum Gasteiger partial charge on any atom is -0.497 e. The first-order valence-electron chi connectivity index (χ1n) is 8.10. The highest BCUT2D eigenvalue weighted by Crippen LogP contribution is 2.37. The first-order valence-corrected chi connectivity index (χ1v) is 8.10. The van der Waals surface area contributed by atoms with Crippen molar-refractivity contribution in [1.29, 1.82) is 0 Å². The number of nitrogens with zero attached hydrogens (tertiary/aromatic N) is 2. The van der Waals surface area contributed by atoms with Gasteiger partial charge in [-0.15, -0.1) is 0 Å². The number of aldehydes is 1. The number of benzene rings is 1. The molecule has 122 valence electrons. The number of rotatable bonds is 8. The lowest BCUT2D eigenvalue weighted by Gasteiger charge is -2.11. The average molecular weight is 314 g/mol. The van der Waals surface area contributed by atoms with Crippen LogP contribution in [0.5, 0.6) is 5.75 Å². The van der Waals surface area contributed by atoms with Gasteiger partial charge in [-0.2, -0.15) is 10.2 Å². The molecule has 1 aliphatic heterocycles. The second-order valence-electron chi connectivity index (χ2n) is 5.95. The maximum Gasteiger partial charge on any atom is 0.148 e. The number of hydrogen-bond acceptors (Lipinski definition) is 5. The van der Waals surface area contributed by atoms with E-state index >= 15 is 0 Å². The summed E-state index contributed by atoms with van der Waals surface area (Å²) in [4.78, 5) is 11.2. The molecule has 0 radical (unpaired) electrons. The molecule has 0 spiro atoms. The highest BCUT2D eigenvalue weighted by atomic mass is 16.5. The molecule has 1 saturated carbocycles. The Hall–Kier alpha value is -2.01. The summed E-state index contributed by atoms with van der Waals surface area (Å²) in [6.45, 7) is 0.430. The number of ether oxygens (including phenoxy) is 2. The van der Waals surface area contributed by atoms with Gasteiger partial charge in [-0.25, -0.2) is 0 Å². The van der Waals surface area contributed by atoms with Crippen LogP contribution in [-0.4, -0.2) is 31.6 Å². The molecular weight excluding hydrogens is 292 g/mol. The molecule has 2 unspecified atom stereocenters. The van der Waals surface area contributed by atoms with Crippen molar-refractivity contribution in [2.75, 3.05) is 7.11 Å². The average Bonchev–Trinajstić information content (AvgIpc) is 3.18. The van der Waals surface area contributed by atoms with Gasteiger partial charge in [0.15, 0.2) is 0 Å². The second kappa shape index (κ2) is 7.51. The molecule has 0 N–H and O–H groups in total. The van der Waals surface area contributed by atoms with E-state index in [4.69, 9.17) is 9.47 Å². The number of azo groups is 1. The van der Waals surface area contributed by atoms with E-state index in [1.54, 1.807) is 7.11 Å². The van der Waals surface area contributed by atoms with Crippen LogP contribution < -0.4 is 4.74 Å². The van der Waals surface area contributed by atoms with E-state index in [0.717, 1.165) is 36.9 Å². The van der Waals surface area contributed by atoms with Crippen LogP contribution in [0, 0.1) is 0 Å². The van der Waals surface area contributed by atoms with E-state index in [1.165, 1.54) is 5.57 Å². The zero-order valence-corrected chi connectivity index (χ0v) is 13.4. The SMILES string of the molecule is COc1ccc(CO[C@@H](C=O)CCC=C2C3CCC2N=N3)cc1. The van der Waals surface area contributed by atoms with Crippen molar-refractivity contribution in [2.24, 2.45) is 10.2 Å². The largest absolute Gasteiger partial charge is 0.497 e. The van der Waals surface area contributed by atoms with Crippen LogP contribution in [0.3, 0.4) is 0 Å². The van der Waals surface area contributed by atoms with Crippen LogP contribution in [0.4, 0.5) is 0 Å². The minimum absolute atomic E-state index is 0.301. The number of carbonyl (C=O) groups excluding carboxylic acids is 1. The molecule has 0 amide bonds. The second-order valence-corrected chi connectivity index (χ2v) is 5.95. The van der Waals surface area contributed by atoms with E-state index in [-0.39, 0.29) is 6.10 Å². The highest BCUT2D eigenvalue weighted by Gasteiger charge is 2.34. The number of fused-ring (bicyclic) bond motifs is 2. The molecule has 2 aliphatic rings. The third-order valence-corrected chi connectivity index (χ3v) is 4.43. The molecule has 23 heavy (non-hydrogen) atoms. The Balaban J connectivity index is 1.44. The van der Waals surface area contributed by atoms with Crippen molar-refractivity contribution >= 4 is 6.29 Å². The van der Waals surface area contributed by atoms with E-state index < -0.39 is 0 Å². The summed E-state index contributed by atoms with van der Waals surface area (Å²) in [7, 11) is 1.64. The van der Waals surface area contributed by atoms with Gasteiger partial charge in [-0.1, -0.05) is 18.2 Å². The van der Waals surface area contributed by atoms with E-state index in [2.05, 4.69) is 16.3 Å². The Kier molecular flexibility index (Phi) is 5.18. The van der Waals surface area contributed by atoms with E-state index in [1.807, 2.05) is 24.3 Å². The molecule has 5 heteroatoms. The fourth-order valence-corrected chi connectivity index (χ4v) is 3.08. The van der Waals surface area contributed by atoms with Crippen molar-refractivity contribution in [3.63, 3.8) is 0 Å². The molecule has 1 heterocycles. The summed E-state index contributed by atoms with van der Waals surface area (Å²) in [5, 5.41) is 8.48. The predicted octanol–water partition coefficient (Wildman–Crippen LogP) is 3.48. The van der Waals surface area contributed by atoms with Gasteiger partial charge >= 0.3 is 0 Å². The van der Waals surface area contributed by atoms with Gasteiger partial charge in [0.2, 0.25) is 0 Å². The van der Waals surface area contributed by atoms with Crippen molar-refractivity contribution in [2.45, 2.75) is 50.5 Å². The van der Waals surface area contributed by atoms with Crippen LogP contribution in [0.15, 0.2) is 46.1 Å². The molecule has 3 rings (SSSR count). The number of allylic oxidation sites excluding steroid dienone is 1. The van der Waals surface area contributed by atoms with Gasteiger partial charge in [0.25, 0.3) is 0 Å². The van der Waals surface area contributed by atoms with Crippen LogP contribution in [0.1, 0.15) is 31.2 Å². The van der Waals surface area contributed by atoms with Gasteiger partial charge in [0.1, 0.15) is 18.1 Å². The van der Waals surface area contributed by atoms with Crippen molar-refractivity contribution in [3.8, 4) is 5.75 Å². The number of hydrogen-bond donors (Lipinski definition) is 0. The standard InChI is InChI=1S/C18H22N2O3/c1-22-14-7-5-13(6-8-14)12-23-15(11-21)3-2-4-16-17-9-10-18(16)20-19-17/h4-8,11,15,17-18H,2-3,9-10,12H2,1H3/t15-,17?,18?/m1/s1. The molecule has 0 aromatic heterocycles. The maximum atomic E-state index is 11.2. The monoisotopic (exact) mass is 314 g/mol. The maximum absolute atomic E-state index is 11.2. The third kappa shape index (κ3) is 3.85. The van der Waals surface area contributed by atoms with Crippen LogP contribution in [0.25, 0.3) is 0 Å². The molecule has 2 bridgehead atoms. The lowest BCUT2D eigenvalue weighted by molar-refractivity contribution is -0.119. The molecular formula is C18H22N2O3. The molecule has 1 aromatic rings. The fraction of sp³-hybridized carbons (Fsp3) is 0.500. The number of methoxy groups -OCH3 is 1. The number of carbonyl (C=O) groups is 1. The molecule has 1 aromatic carbocycles. The summed E-state index contributed by atoms with van der Waals surface area (Å²) < 4.78 is 10.8. The first kappa shape index (κ1) is 15.9. The molecule has 0 saturated heterocycles.